The van der Waals surface area contributed by atoms with Gasteiger partial charge in [-0.2, -0.15) is 17.0 Å². The topological polar surface area (TPSA) is 53.2 Å². The number of rotatable bonds is 2. The molecular weight excluding hydrogens is 282 g/mol. The molecule has 0 saturated carbocycles. The van der Waals surface area contributed by atoms with Crippen LogP contribution in [0.1, 0.15) is 42.9 Å². The van der Waals surface area contributed by atoms with Gasteiger partial charge in [0.2, 0.25) is 0 Å². The fraction of sp³-hybridized carbons (Fsp3) is 0.588. The monoisotopic (exact) mass is 303 g/mol. The predicted molar refractivity (Wildman–Crippen MR) is 84.1 cm³/mol. The highest BCUT2D eigenvalue weighted by Gasteiger charge is 2.40. The Labute approximate surface area is 130 Å². The molecule has 21 heavy (non-hydrogen) atoms. The van der Waals surface area contributed by atoms with Crippen LogP contribution in [0.3, 0.4) is 0 Å². The van der Waals surface area contributed by atoms with Crippen molar-refractivity contribution in [3.05, 3.63) is 35.4 Å². The Balaban J connectivity index is 1.71. The number of nitrogens with zero attached hydrogens (tertiary/aromatic N) is 1. The summed E-state index contributed by atoms with van der Waals surface area (Å²) >= 11 is 2.00. The molecule has 4 heteroatoms. The number of benzene rings is 1. The van der Waals surface area contributed by atoms with E-state index in [1.165, 1.54) is 11.5 Å². The van der Waals surface area contributed by atoms with E-state index in [4.69, 9.17) is 10.00 Å². The first kappa shape index (κ1) is 14.9. The van der Waals surface area contributed by atoms with E-state index in [1.54, 1.807) is 12.1 Å². The SMILES string of the molecule is N#Cc1ccc(C(O)C2CCOC3(CCSCC3)C2)cc1. The molecule has 2 atom stereocenters. The molecular formula is C17H21NO2S. The van der Waals surface area contributed by atoms with E-state index >= 15 is 0 Å². The highest BCUT2D eigenvalue weighted by atomic mass is 32.2. The lowest BCUT2D eigenvalue weighted by atomic mass is 9.78. The molecule has 1 aromatic rings. The number of aliphatic hydroxyl groups is 1. The van der Waals surface area contributed by atoms with Crippen molar-refractivity contribution in [2.45, 2.75) is 37.4 Å². The molecule has 2 saturated heterocycles. The maximum absolute atomic E-state index is 10.7. The molecule has 0 radical (unpaired) electrons. The maximum atomic E-state index is 10.7. The Kier molecular flexibility index (Phi) is 4.54. The molecule has 1 aromatic carbocycles. The molecule has 0 amide bonds. The molecule has 2 heterocycles. The van der Waals surface area contributed by atoms with Crippen molar-refractivity contribution in [1.29, 1.82) is 5.26 Å². The van der Waals surface area contributed by atoms with Gasteiger partial charge >= 0.3 is 0 Å². The van der Waals surface area contributed by atoms with Gasteiger partial charge in [-0.05, 0) is 60.8 Å². The van der Waals surface area contributed by atoms with Crippen molar-refractivity contribution >= 4 is 11.8 Å². The molecule has 1 spiro atoms. The van der Waals surface area contributed by atoms with Crippen LogP contribution in [0.4, 0.5) is 0 Å². The van der Waals surface area contributed by atoms with Crippen LogP contribution in [0.2, 0.25) is 0 Å². The molecule has 2 aliphatic rings. The van der Waals surface area contributed by atoms with Crippen molar-refractivity contribution in [3.63, 3.8) is 0 Å². The van der Waals surface area contributed by atoms with E-state index in [-0.39, 0.29) is 11.5 Å². The molecule has 1 N–H and O–H groups in total. The first-order valence-corrected chi connectivity index (χ1v) is 8.78. The summed E-state index contributed by atoms with van der Waals surface area (Å²) in [6.45, 7) is 0.753. The maximum Gasteiger partial charge on any atom is 0.0991 e. The first-order chi connectivity index (χ1) is 10.2. The molecule has 0 aromatic heterocycles. The van der Waals surface area contributed by atoms with Crippen LogP contribution < -0.4 is 0 Å². The normalized spacial score (nSPS) is 26.2. The lowest BCUT2D eigenvalue weighted by Crippen LogP contribution is -2.44. The highest BCUT2D eigenvalue weighted by Crippen LogP contribution is 2.43. The summed E-state index contributed by atoms with van der Waals surface area (Å²) < 4.78 is 6.09. The number of hydrogen-bond donors (Lipinski definition) is 1. The summed E-state index contributed by atoms with van der Waals surface area (Å²) in [5, 5.41) is 19.5. The smallest absolute Gasteiger partial charge is 0.0991 e. The van der Waals surface area contributed by atoms with Gasteiger partial charge in [0.25, 0.3) is 0 Å². The largest absolute Gasteiger partial charge is 0.388 e. The van der Waals surface area contributed by atoms with Gasteiger partial charge in [-0.25, -0.2) is 0 Å². The van der Waals surface area contributed by atoms with Crippen LogP contribution in [-0.2, 0) is 4.74 Å². The van der Waals surface area contributed by atoms with Crippen LogP contribution >= 0.6 is 11.8 Å². The Morgan fingerprint density at radius 3 is 2.67 bits per heavy atom. The summed E-state index contributed by atoms with van der Waals surface area (Å²) in [4.78, 5) is 0. The Bertz CT molecular complexity index is 511. The zero-order valence-electron chi connectivity index (χ0n) is 12.1. The third-order valence-corrected chi connectivity index (χ3v) is 5.75. The van der Waals surface area contributed by atoms with Crippen molar-refractivity contribution < 1.29 is 9.84 Å². The van der Waals surface area contributed by atoms with E-state index < -0.39 is 6.10 Å². The number of aliphatic hydroxyl groups excluding tert-OH is 1. The average molecular weight is 303 g/mol. The quantitative estimate of drug-likeness (QED) is 0.911. The van der Waals surface area contributed by atoms with Crippen LogP contribution in [0, 0.1) is 17.2 Å². The van der Waals surface area contributed by atoms with Crippen molar-refractivity contribution in [1.82, 2.24) is 0 Å². The summed E-state index contributed by atoms with van der Waals surface area (Å²) in [7, 11) is 0. The van der Waals surface area contributed by atoms with Crippen LogP contribution in [0.15, 0.2) is 24.3 Å². The summed E-state index contributed by atoms with van der Waals surface area (Å²) in [6.07, 6.45) is 3.63. The number of ether oxygens (including phenoxy) is 1. The van der Waals surface area contributed by atoms with Crippen LogP contribution in [-0.4, -0.2) is 28.8 Å². The zero-order chi connectivity index (χ0) is 14.7. The van der Waals surface area contributed by atoms with E-state index in [9.17, 15) is 5.11 Å². The van der Waals surface area contributed by atoms with E-state index in [0.717, 1.165) is 37.9 Å². The van der Waals surface area contributed by atoms with Gasteiger partial charge in [-0.3, -0.25) is 0 Å². The summed E-state index contributed by atoms with van der Waals surface area (Å²) in [5.41, 5.74) is 1.56. The molecule has 2 fully saturated rings. The van der Waals surface area contributed by atoms with E-state index in [2.05, 4.69) is 6.07 Å². The second-order valence-electron chi connectivity index (χ2n) is 6.08. The highest BCUT2D eigenvalue weighted by molar-refractivity contribution is 7.99. The number of nitriles is 1. The lowest BCUT2D eigenvalue weighted by molar-refractivity contribution is -0.121. The minimum absolute atomic E-state index is 0.00173. The van der Waals surface area contributed by atoms with Gasteiger partial charge in [0.1, 0.15) is 0 Å². The summed E-state index contributed by atoms with van der Waals surface area (Å²) in [6, 6.07) is 9.43. The molecule has 3 nitrogen and oxygen atoms in total. The molecule has 0 bridgehead atoms. The van der Waals surface area contributed by atoms with Gasteiger partial charge in [-0.15, -0.1) is 0 Å². The van der Waals surface area contributed by atoms with Crippen molar-refractivity contribution in [2.75, 3.05) is 18.1 Å². The van der Waals surface area contributed by atoms with Gasteiger partial charge in [-0.1, -0.05) is 12.1 Å². The van der Waals surface area contributed by atoms with Crippen LogP contribution in [0.5, 0.6) is 0 Å². The molecule has 3 rings (SSSR count). The second-order valence-corrected chi connectivity index (χ2v) is 7.30. The van der Waals surface area contributed by atoms with Gasteiger partial charge in [0, 0.05) is 6.61 Å². The average Bonchev–Trinajstić information content (AvgIpc) is 2.55. The Morgan fingerprint density at radius 2 is 2.00 bits per heavy atom. The third kappa shape index (κ3) is 3.26. The fourth-order valence-corrected chi connectivity index (χ4v) is 4.69. The standard InChI is InChI=1S/C17H21NO2S/c18-12-13-1-3-14(4-2-13)16(19)15-5-8-20-17(11-15)6-9-21-10-7-17/h1-4,15-16,19H,5-11H2. The number of thioether (sulfide) groups is 1. The minimum atomic E-state index is -0.451. The minimum Gasteiger partial charge on any atom is -0.388 e. The second kappa shape index (κ2) is 6.39. The van der Waals surface area contributed by atoms with E-state index in [1.807, 2.05) is 23.9 Å². The predicted octanol–water partition coefficient (Wildman–Crippen LogP) is 3.28. The molecule has 2 aliphatic heterocycles. The molecule has 2 unspecified atom stereocenters. The summed E-state index contributed by atoms with van der Waals surface area (Å²) in [5.74, 6) is 2.59. The van der Waals surface area contributed by atoms with E-state index in [0.29, 0.717) is 5.56 Å². The number of hydrogen-bond acceptors (Lipinski definition) is 4. The molecule has 112 valence electrons. The third-order valence-electron chi connectivity index (χ3n) is 4.76. The molecule has 0 aliphatic carbocycles. The van der Waals surface area contributed by atoms with Gasteiger partial charge in [0.15, 0.2) is 0 Å². The lowest BCUT2D eigenvalue weighted by Gasteiger charge is -2.44. The zero-order valence-corrected chi connectivity index (χ0v) is 12.9. The Hall–Kier alpha value is -1.02. The first-order valence-electron chi connectivity index (χ1n) is 7.62. The van der Waals surface area contributed by atoms with Gasteiger partial charge in [0.05, 0.1) is 23.3 Å². The fourth-order valence-electron chi connectivity index (χ4n) is 3.45. The van der Waals surface area contributed by atoms with Crippen LogP contribution in [0.25, 0.3) is 0 Å². The van der Waals surface area contributed by atoms with Crippen molar-refractivity contribution in [3.8, 4) is 6.07 Å². The Morgan fingerprint density at radius 1 is 1.29 bits per heavy atom. The van der Waals surface area contributed by atoms with Gasteiger partial charge < -0.3 is 9.84 Å². The van der Waals surface area contributed by atoms with Crippen molar-refractivity contribution in [2.24, 2.45) is 5.92 Å².